The monoisotopic (exact) mass is 271 g/mol. The molecule has 0 aliphatic heterocycles. The van der Waals surface area contributed by atoms with Gasteiger partial charge in [-0.1, -0.05) is 12.1 Å². The van der Waals surface area contributed by atoms with E-state index in [0.29, 0.717) is 17.5 Å². The summed E-state index contributed by atoms with van der Waals surface area (Å²) in [5.41, 5.74) is 1.89. The maximum Gasteiger partial charge on any atom is 0.303 e. The second-order valence-electron chi connectivity index (χ2n) is 4.50. The van der Waals surface area contributed by atoms with Crippen LogP contribution in [0.5, 0.6) is 0 Å². The highest BCUT2D eigenvalue weighted by atomic mass is 16.4. The molecule has 0 atom stereocenters. The first-order valence-corrected chi connectivity index (χ1v) is 6.23. The Bertz CT molecular complexity index is 773. The van der Waals surface area contributed by atoms with Gasteiger partial charge in [-0.05, 0) is 12.1 Å². The summed E-state index contributed by atoms with van der Waals surface area (Å²) in [5, 5.41) is 8.65. The maximum absolute atomic E-state index is 10.5. The summed E-state index contributed by atoms with van der Waals surface area (Å²) in [6, 6.07) is 7.79. The van der Waals surface area contributed by atoms with E-state index in [0.717, 1.165) is 11.0 Å². The molecule has 0 radical (unpaired) electrons. The van der Waals surface area contributed by atoms with Gasteiger partial charge in [0.15, 0.2) is 17.5 Å². The van der Waals surface area contributed by atoms with Crippen LogP contribution < -0.4 is 0 Å². The van der Waals surface area contributed by atoms with Crippen molar-refractivity contribution in [2.75, 3.05) is 0 Å². The number of hydrogen-bond donors (Lipinski definition) is 1. The molecule has 6 heteroatoms. The van der Waals surface area contributed by atoms with Crippen molar-refractivity contribution in [2.24, 2.45) is 7.05 Å². The molecule has 1 N–H and O–H groups in total. The Labute approximate surface area is 114 Å². The van der Waals surface area contributed by atoms with Crippen LogP contribution in [0.3, 0.4) is 0 Å². The zero-order chi connectivity index (χ0) is 14.1. The van der Waals surface area contributed by atoms with E-state index in [4.69, 9.17) is 9.52 Å². The fraction of sp³-hybridized carbons (Fsp3) is 0.214. The topological polar surface area (TPSA) is 81.2 Å². The van der Waals surface area contributed by atoms with Gasteiger partial charge in [0, 0.05) is 13.5 Å². The van der Waals surface area contributed by atoms with E-state index in [1.165, 1.54) is 0 Å². The Morgan fingerprint density at radius 3 is 2.95 bits per heavy atom. The first-order valence-electron chi connectivity index (χ1n) is 6.23. The number of carboxylic acid groups (broad SMARTS) is 1. The number of aryl methyl sites for hydroxylation is 2. The van der Waals surface area contributed by atoms with Crippen molar-refractivity contribution in [1.82, 2.24) is 14.5 Å². The predicted octanol–water partition coefficient (Wildman–Crippen LogP) is 2.25. The first kappa shape index (κ1) is 12.4. The number of imidazole rings is 1. The molecule has 0 saturated carbocycles. The molecule has 0 fully saturated rings. The van der Waals surface area contributed by atoms with Gasteiger partial charge in [0.05, 0.1) is 23.7 Å². The molecule has 6 nitrogen and oxygen atoms in total. The highest BCUT2D eigenvalue weighted by Gasteiger charge is 2.14. The SMILES string of the molecule is Cn1c(-c2cnc(CCC(=O)O)o2)nc2ccccc21. The molecule has 20 heavy (non-hydrogen) atoms. The minimum absolute atomic E-state index is 0.00247. The molecule has 3 aromatic rings. The van der Waals surface area contributed by atoms with Gasteiger partial charge in [0.25, 0.3) is 0 Å². The lowest BCUT2D eigenvalue weighted by atomic mass is 10.3. The highest BCUT2D eigenvalue weighted by molar-refractivity contribution is 5.79. The number of rotatable bonds is 4. The third-order valence-corrected chi connectivity index (χ3v) is 3.11. The van der Waals surface area contributed by atoms with Crippen LogP contribution in [-0.2, 0) is 18.3 Å². The Morgan fingerprint density at radius 1 is 1.40 bits per heavy atom. The molecule has 2 heterocycles. The van der Waals surface area contributed by atoms with Gasteiger partial charge in [-0.25, -0.2) is 9.97 Å². The Balaban J connectivity index is 1.95. The highest BCUT2D eigenvalue weighted by Crippen LogP contribution is 2.24. The summed E-state index contributed by atoms with van der Waals surface area (Å²) in [6.45, 7) is 0. The summed E-state index contributed by atoms with van der Waals surface area (Å²) in [6.07, 6.45) is 1.86. The molecule has 2 aromatic heterocycles. The van der Waals surface area contributed by atoms with Crippen molar-refractivity contribution >= 4 is 17.0 Å². The van der Waals surface area contributed by atoms with Crippen LogP contribution in [0, 0.1) is 0 Å². The summed E-state index contributed by atoms with van der Waals surface area (Å²) < 4.78 is 7.50. The minimum Gasteiger partial charge on any atom is -0.481 e. The number of hydrogen-bond acceptors (Lipinski definition) is 4. The maximum atomic E-state index is 10.5. The Hall–Kier alpha value is -2.63. The number of carboxylic acids is 1. The van der Waals surface area contributed by atoms with E-state index in [-0.39, 0.29) is 12.8 Å². The van der Waals surface area contributed by atoms with Crippen LogP contribution in [0.15, 0.2) is 34.9 Å². The largest absolute Gasteiger partial charge is 0.481 e. The number of benzene rings is 1. The number of carbonyl (C=O) groups is 1. The smallest absolute Gasteiger partial charge is 0.303 e. The lowest BCUT2D eigenvalue weighted by Gasteiger charge is -1.97. The summed E-state index contributed by atoms with van der Waals surface area (Å²) in [7, 11) is 1.91. The van der Waals surface area contributed by atoms with Crippen molar-refractivity contribution in [3.63, 3.8) is 0 Å². The van der Waals surface area contributed by atoms with E-state index < -0.39 is 5.97 Å². The van der Waals surface area contributed by atoms with Crippen molar-refractivity contribution < 1.29 is 14.3 Å². The average molecular weight is 271 g/mol. The van der Waals surface area contributed by atoms with Crippen molar-refractivity contribution in [2.45, 2.75) is 12.8 Å². The van der Waals surface area contributed by atoms with Crippen molar-refractivity contribution in [3.05, 3.63) is 36.4 Å². The quantitative estimate of drug-likeness (QED) is 0.787. The van der Waals surface area contributed by atoms with Crippen LogP contribution in [-0.4, -0.2) is 25.6 Å². The van der Waals surface area contributed by atoms with E-state index in [9.17, 15) is 4.79 Å². The van der Waals surface area contributed by atoms with Crippen LogP contribution in [0.4, 0.5) is 0 Å². The fourth-order valence-electron chi connectivity index (χ4n) is 2.11. The van der Waals surface area contributed by atoms with Crippen LogP contribution in [0.2, 0.25) is 0 Å². The number of para-hydroxylation sites is 2. The zero-order valence-corrected chi connectivity index (χ0v) is 10.9. The molecule has 102 valence electrons. The Morgan fingerprint density at radius 2 is 2.20 bits per heavy atom. The van der Waals surface area contributed by atoms with Crippen LogP contribution in [0.1, 0.15) is 12.3 Å². The van der Waals surface area contributed by atoms with Crippen molar-refractivity contribution in [1.29, 1.82) is 0 Å². The molecule has 3 rings (SSSR count). The Kier molecular flexibility index (Phi) is 2.98. The van der Waals surface area contributed by atoms with Crippen LogP contribution >= 0.6 is 0 Å². The molecule has 0 aliphatic carbocycles. The van der Waals surface area contributed by atoms with E-state index in [1.807, 2.05) is 35.9 Å². The predicted molar refractivity (Wildman–Crippen MR) is 72.2 cm³/mol. The van der Waals surface area contributed by atoms with E-state index >= 15 is 0 Å². The van der Waals surface area contributed by atoms with Crippen LogP contribution in [0.25, 0.3) is 22.6 Å². The summed E-state index contributed by atoms with van der Waals surface area (Å²) in [4.78, 5) is 19.1. The zero-order valence-electron chi connectivity index (χ0n) is 10.9. The molecule has 0 spiro atoms. The van der Waals surface area contributed by atoms with E-state index in [1.54, 1.807) is 6.20 Å². The molecule has 0 unspecified atom stereocenters. The number of oxazole rings is 1. The number of aromatic nitrogens is 3. The lowest BCUT2D eigenvalue weighted by Crippen LogP contribution is -1.97. The number of fused-ring (bicyclic) bond motifs is 1. The van der Waals surface area contributed by atoms with Gasteiger partial charge in [-0.15, -0.1) is 0 Å². The number of aliphatic carboxylic acids is 1. The molecule has 0 saturated heterocycles. The summed E-state index contributed by atoms with van der Waals surface area (Å²) >= 11 is 0. The molecule has 1 aromatic carbocycles. The minimum atomic E-state index is -0.868. The molecular weight excluding hydrogens is 258 g/mol. The second kappa shape index (κ2) is 4.80. The van der Waals surface area contributed by atoms with Gasteiger partial charge in [0.1, 0.15) is 0 Å². The number of nitrogens with zero attached hydrogens (tertiary/aromatic N) is 3. The van der Waals surface area contributed by atoms with Gasteiger partial charge in [-0.2, -0.15) is 0 Å². The molecule has 0 bridgehead atoms. The van der Waals surface area contributed by atoms with Gasteiger partial charge >= 0.3 is 5.97 Å². The standard InChI is InChI=1S/C14H13N3O3/c1-17-10-5-3-2-4-9(10)16-14(17)11-8-15-12(20-11)6-7-13(18)19/h2-5,8H,6-7H2,1H3,(H,18,19). The first-order chi connectivity index (χ1) is 9.65. The lowest BCUT2D eigenvalue weighted by molar-refractivity contribution is -0.137. The molecule has 0 amide bonds. The third kappa shape index (κ3) is 2.16. The summed E-state index contributed by atoms with van der Waals surface area (Å²) in [5.74, 6) is 0.770. The van der Waals surface area contributed by atoms with Gasteiger partial charge in [-0.3, -0.25) is 4.79 Å². The average Bonchev–Trinajstić information content (AvgIpc) is 3.02. The third-order valence-electron chi connectivity index (χ3n) is 3.11. The van der Waals surface area contributed by atoms with Gasteiger partial charge in [0.2, 0.25) is 0 Å². The normalized spacial score (nSPS) is 11.1. The fourth-order valence-corrected chi connectivity index (χ4v) is 2.11. The van der Waals surface area contributed by atoms with Crippen molar-refractivity contribution in [3.8, 4) is 11.6 Å². The molecule has 0 aliphatic rings. The second-order valence-corrected chi connectivity index (χ2v) is 4.50. The van der Waals surface area contributed by atoms with E-state index in [2.05, 4.69) is 9.97 Å². The molecular formula is C14H13N3O3. The van der Waals surface area contributed by atoms with Gasteiger partial charge < -0.3 is 14.1 Å².